The van der Waals surface area contributed by atoms with Crippen LogP contribution in [0.2, 0.25) is 0 Å². The molecule has 3 aliphatic rings. The Morgan fingerprint density at radius 1 is 1.13 bits per heavy atom. The summed E-state index contributed by atoms with van der Waals surface area (Å²) in [4.78, 5) is 29.2. The van der Waals surface area contributed by atoms with E-state index in [1.54, 1.807) is 18.1 Å². The van der Waals surface area contributed by atoms with Gasteiger partial charge in [0.25, 0.3) is 0 Å². The minimum absolute atomic E-state index is 0.0737. The summed E-state index contributed by atoms with van der Waals surface area (Å²) in [5.41, 5.74) is 1.35. The van der Waals surface area contributed by atoms with Gasteiger partial charge in [-0.05, 0) is 56.7 Å². The number of amides is 3. The van der Waals surface area contributed by atoms with Crippen LogP contribution in [0.3, 0.4) is 0 Å². The summed E-state index contributed by atoms with van der Waals surface area (Å²) in [6.45, 7) is 3.28. The molecule has 170 valence electrons. The molecule has 3 amide bonds. The Labute approximate surface area is 183 Å². The first-order chi connectivity index (χ1) is 15.1. The number of urea groups is 1. The van der Waals surface area contributed by atoms with Gasteiger partial charge < -0.3 is 29.3 Å². The molecule has 1 aromatic carbocycles. The Morgan fingerprint density at radius 3 is 2.42 bits per heavy atom. The summed E-state index contributed by atoms with van der Waals surface area (Å²) in [5.74, 6) is 0.718. The van der Waals surface area contributed by atoms with Gasteiger partial charge in [0.2, 0.25) is 5.91 Å². The monoisotopic (exact) mass is 431 g/mol. The number of ether oxygens (including phenoxy) is 3. The molecule has 0 saturated carbocycles. The molecule has 3 aliphatic heterocycles. The minimum Gasteiger partial charge on any atom is -0.495 e. The van der Waals surface area contributed by atoms with Crippen LogP contribution in [-0.2, 0) is 14.3 Å². The van der Waals surface area contributed by atoms with Gasteiger partial charge in [0, 0.05) is 45.0 Å². The number of carbonyl (C=O) groups excluding carboxylic acids is 2. The molecular formula is C23H33N3O5. The van der Waals surface area contributed by atoms with E-state index in [0.717, 1.165) is 51.7 Å². The summed E-state index contributed by atoms with van der Waals surface area (Å²) in [6, 6.07) is 5.27. The molecule has 0 aromatic heterocycles. The van der Waals surface area contributed by atoms with Crippen LogP contribution in [0.15, 0.2) is 18.2 Å². The van der Waals surface area contributed by atoms with E-state index in [4.69, 9.17) is 14.2 Å². The number of nitrogens with one attached hydrogen (secondary N) is 1. The van der Waals surface area contributed by atoms with Crippen molar-refractivity contribution < 1.29 is 23.8 Å². The van der Waals surface area contributed by atoms with Crippen LogP contribution < -0.4 is 15.0 Å². The lowest BCUT2D eigenvalue weighted by Gasteiger charge is -2.30. The normalized spacial score (nSPS) is 23.8. The van der Waals surface area contributed by atoms with Crippen molar-refractivity contribution in [1.29, 1.82) is 0 Å². The average molecular weight is 432 g/mol. The topological polar surface area (TPSA) is 80.3 Å². The first-order valence-electron chi connectivity index (χ1n) is 11.4. The first kappa shape index (κ1) is 21.9. The Kier molecular flexibility index (Phi) is 7.29. The van der Waals surface area contributed by atoms with Gasteiger partial charge in [-0.15, -0.1) is 0 Å². The SMILES string of the molecule is COc1ccc(NC(=O)N(C[C@@H]2CCCO2)C[C@@H]2CCCO2)cc1N1CCCCC1=O. The van der Waals surface area contributed by atoms with E-state index in [0.29, 0.717) is 43.2 Å². The number of nitrogens with zero attached hydrogens (tertiary/aromatic N) is 2. The molecule has 0 bridgehead atoms. The van der Waals surface area contributed by atoms with Crippen LogP contribution in [-0.4, -0.2) is 69.0 Å². The summed E-state index contributed by atoms with van der Waals surface area (Å²) >= 11 is 0. The van der Waals surface area contributed by atoms with Crippen LogP contribution in [0.1, 0.15) is 44.9 Å². The van der Waals surface area contributed by atoms with Crippen LogP contribution in [0, 0.1) is 0 Å². The predicted molar refractivity (Wildman–Crippen MR) is 118 cm³/mol. The lowest BCUT2D eigenvalue weighted by molar-refractivity contribution is -0.119. The van der Waals surface area contributed by atoms with Crippen LogP contribution in [0.5, 0.6) is 5.75 Å². The van der Waals surface area contributed by atoms with E-state index in [9.17, 15) is 9.59 Å². The van der Waals surface area contributed by atoms with E-state index in [-0.39, 0.29) is 24.1 Å². The fraction of sp³-hybridized carbons (Fsp3) is 0.652. The van der Waals surface area contributed by atoms with E-state index in [1.165, 1.54) is 0 Å². The molecule has 1 aromatic rings. The first-order valence-corrected chi connectivity index (χ1v) is 11.4. The summed E-state index contributed by atoms with van der Waals surface area (Å²) in [5, 5.41) is 3.02. The molecule has 1 N–H and O–H groups in total. The van der Waals surface area contributed by atoms with Crippen molar-refractivity contribution in [2.24, 2.45) is 0 Å². The Bertz CT molecular complexity index is 756. The molecule has 0 aliphatic carbocycles. The molecule has 3 heterocycles. The second-order valence-corrected chi connectivity index (χ2v) is 8.49. The van der Waals surface area contributed by atoms with Crippen molar-refractivity contribution in [1.82, 2.24) is 4.90 Å². The van der Waals surface area contributed by atoms with Gasteiger partial charge in [-0.25, -0.2) is 4.79 Å². The smallest absolute Gasteiger partial charge is 0.322 e. The molecule has 31 heavy (non-hydrogen) atoms. The fourth-order valence-electron chi connectivity index (χ4n) is 4.55. The average Bonchev–Trinajstić information content (AvgIpc) is 3.48. The van der Waals surface area contributed by atoms with Gasteiger partial charge in [-0.3, -0.25) is 4.79 Å². The third kappa shape index (κ3) is 5.49. The molecule has 0 radical (unpaired) electrons. The van der Waals surface area contributed by atoms with Gasteiger partial charge in [-0.1, -0.05) is 0 Å². The van der Waals surface area contributed by atoms with Crippen molar-refractivity contribution >= 4 is 23.3 Å². The Hall–Kier alpha value is -2.32. The summed E-state index contributed by atoms with van der Waals surface area (Å²) in [7, 11) is 1.59. The van der Waals surface area contributed by atoms with Crippen LogP contribution in [0.25, 0.3) is 0 Å². The summed E-state index contributed by atoms with van der Waals surface area (Å²) in [6.07, 6.45) is 6.57. The van der Waals surface area contributed by atoms with Crippen molar-refractivity contribution in [2.75, 3.05) is 50.2 Å². The largest absolute Gasteiger partial charge is 0.495 e. The third-order valence-electron chi connectivity index (χ3n) is 6.23. The van der Waals surface area contributed by atoms with E-state index >= 15 is 0 Å². The molecule has 8 nitrogen and oxygen atoms in total. The number of benzene rings is 1. The van der Waals surface area contributed by atoms with Crippen molar-refractivity contribution in [3.8, 4) is 5.75 Å². The van der Waals surface area contributed by atoms with E-state index in [2.05, 4.69) is 5.32 Å². The molecule has 4 rings (SSSR count). The molecule has 0 unspecified atom stereocenters. The molecule has 0 spiro atoms. The number of hydrogen-bond acceptors (Lipinski definition) is 5. The van der Waals surface area contributed by atoms with Crippen molar-refractivity contribution in [3.05, 3.63) is 18.2 Å². The second-order valence-electron chi connectivity index (χ2n) is 8.49. The maximum atomic E-state index is 13.2. The maximum absolute atomic E-state index is 13.2. The van der Waals surface area contributed by atoms with Gasteiger partial charge in [0.1, 0.15) is 5.75 Å². The Balaban J connectivity index is 1.48. The van der Waals surface area contributed by atoms with Crippen molar-refractivity contribution in [3.63, 3.8) is 0 Å². The highest BCUT2D eigenvalue weighted by molar-refractivity contribution is 5.97. The van der Waals surface area contributed by atoms with Crippen LogP contribution in [0.4, 0.5) is 16.2 Å². The number of hydrogen-bond donors (Lipinski definition) is 1. The number of methoxy groups -OCH3 is 1. The molecular weight excluding hydrogens is 398 g/mol. The van der Waals surface area contributed by atoms with Gasteiger partial charge in [0.05, 0.1) is 25.0 Å². The van der Waals surface area contributed by atoms with Gasteiger partial charge in [-0.2, -0.15) is 0 Å². The van der Waals surface area contributed by atoms with Crippen molar-refractivity contribution in [2.45, 2.75) is 57.2 Å². The number of piperidine rings is 1. The van der Waals surface area contributed by atoms with Gasteiger partial charge >= 0.3 is 6.03 Å². The standard InChI is InChI=1S/C23H33N3O5/c1-29-21-10-9-17(14-20(21)26-11-3-2-8-22(26)27)24-23(28)25(15-18-6-4-12-30-18)16-19-7-5-13-31-19/h9-10,14,18-19H,2-8,11-13,15-16H2,1H3,(H,24,28)/t18-,19-/m0/s1. The highest BCUT2D eigenvalue weighted by Crippen LogP contribution is 2.33. The molecule has 3 saturated heterocycles. The predicted octanol–water partition coefficient (Wildman–Crippen LogP) is 3.40. The number of rotatable bonds is 7. The molecule has 2 atom stereocenters. The van der Waals surface area contributed by atoms with E-state index in [1.807, 2.05) is 17.0 Å². The fourth-order valence-corrected chi connectivity index (χ4v) is 4.55. The highest BCUT2D eigenvalue weighted by atomic mass is 16.5. The van der Waals surface area contributed by atoms with Crippen LogP contribution >= 0.6 is 0 Å². The van der Waals surface area contributed by atoms with E-state index < -0.39 is 0 Å². The zero-order valence-electron chi connectivity index (χ0n) is 18.3. The number of carbonyl (C=O) groups is 2. The zero-order valence-corrected chi connectivity index (χ0v) is 18.3. The summed E-state index contributed by atoms with van der Waals surface area (Å²) < 4.78 is 17.0. The highest BCUT2D eigenvalue weighted by Gasteiger charge is 2.28. The minimum atomic E-state index is -0.174. The Morgan fingerprint density at radius 2 is 1.84 bits per heavy atom. The third-order valence-corrected chi connectivity index (χ3v) is 6.23. The quantitative estimate of drug-likeness (QED) is 0.716. The number of anilines is 2. The molecule has 8 heteroatoms. The zero-order chi connectivity index (χ0) is 21.6. The maximum Gasteiger partial charge on any atom is 0.322 e. The lowest BCUT2D eigenvalue weighted by Crippen LogP contribution is -2.44. The second kappa shape index (κ2) is 10.3. The molecule has 3 fully saturated rings. The van der Waals surface area contributed by atoms with Gasteiger partial charge in [0.15, 0.2) is 0 Å². The lowest BCUT2D eigenvalue weighted by atomic mass is 10.1.